The smallest absolute Gasteiger partial charge is 0.279 e. The average Bonchev–Trinajstić information content (AvgIpc) is 2.97. The zero-order valence-electron chi connectivity index (χ0n) is 13.5. The van der Waals surface area contributed by atoms with Gasteiger partial charge >= 0.3 is 0 Å². The third-order valence-electron chi connectivity index (χ3n) is 3.71. The highest BCUT2D eigenvalue weighted by molar-refractivity contribution is 7.16. The molecule has 3 rings (SSSR count). The highest BCUT2D eigenvalue weighted by atomic mass is 32.1. The number of thiazole rings is 1. The molecule has 0 atom stereocenters. The molecule has 10 heteroatoms. The first-order chi connectivity index (χ1) is 12.4. The summed E-state index contributed by atoms with van der Waals surface area (Å²) in [4.78, 5) is 37.5. The summed E-state index contributed by atoms with van der Waals surface area (Å²) in [6.45, 7) is 2.33. The SMILES string of the molecule is CCn1c(=NC(=O)c2ccc([N+](=O)[O-])cc2)sc2ccc([N+](=O)[O-])cc21. The maximum absolute atomic E-state index is 12.4. The average molecular weight is 372 g/mol. The summed E-state index contributed by atoms with van der Waals surface area (Å²) in [7, 11) is 0. The molecule has 2 aromatic carbocycles. The third-order valence-corrected chi connectivity index (χ3v) is 4.77. The predicted octanol–water partition coefficient (Wildman–Crippen LogP) is 3.28. The lowest BCUT2D eigenvalue weighted by atomic mass is 10.2. The van der Waals surface area contributed by atoms with Gasteiger partial charge in [0, 0.05) is 36.4 Å². The van der Waals surface area contributed by atoms with Crippen molar-refractivity contribution in [2.24, 2.45) is 4.99 Å². The zero-order valence-corrected chi connectivity index (χ0v) is 14.3. The van der Waals surface area contributed by atoms with Crippen molar-refractivity contribution in [1.82, 2.24) is 4.57 Å². The maximum atomic E-state index is 12.4. The van der Waals surface area contributed by atoms with E-state index in [9.17, 15) is 25.0 Å². The molecule has 0 saturated heterocycles. The number of benzene rings is 2. The van der Waals surface area contributed by atoms with E-state index in [1.165, 1.54) is 47.7 Å². The van der Waals surface area contributed by atoms with Crippen LogP contribution in [0.15, 0.2) is 47.5 Å². The molecule has 1 amide bonds. The molecule has 1 aromatic heterocycles. The van der Waals surface area contributed by atoms with Crippen molar-refractivity contribution in [2.75, 3.05) is 0 Å². The Labute approximate surface area is 150 Å². The van der Waals surface area contributed by atoms with Crippen LogP contribution in [0.4, 0.5) is 11.4 Å². The standard InChI is InChI=1S/C16H12N4O5S/c1-2-18-13-9-12(20(24)25)7-8-14(13)26-16(18)17-15(21)10-3-5-11(6-4-10)19(22)23/h3-9H,2H2,1H3. The predicted molar refractivity (Wildman–Crippen MR) is 95.1 cm³/mol. The Balaban J connectivity index is 2.07. The number of carbonyl (C=O) groups excluding carboxylic acids is 1. The number of hydrogen-bond donors (Lipinski definition) is 0. The van der Waals surface area contributed by atoms with Crippen LogP contribution in [-0.2, 0) is 6.54 Å². The molecule has 0 fully saturated rings. The highest BCUT2D eigenvalue weighted by Gasteiger charge is 2.13. The Morgan fingerprint density at radius 2 is 1.69 bits per heavy atom. The fourth-order valence-electron chi connectivity index (χ4n) is 2.44. The molecule has 0 aliphatic carbocycles. The van der Waals surface area contributed by atoms with Crippen LogP contribution in [0.5, 0.6) is 0 Å². The molecular formula is C16H12N4O5S. The molecule has 0 saturated carbocycles. The Bertz CT molecular complexity index is 1100. The number of fused-ring (bicyclic) bond motifs is 1. The molecule has 0 spiro atoms. The number of non-ortho nitro benzene ring substituents is 2. The molecule has 0 aliphatic rings. The van der Waals surface area contributed by atoms with E-state index in [0.717, 1.165) is 4.70 Å². The van der Waals surface area contributed by atoms with E-state index >= 15 is 0 Å². The Morgan fingerprint density at radius 1 is 1.08 bits per heavy atom. The van der Waals surface area contributed by atoms with Gasteiger partial charge in [0.2, 0.25) is 0 Å². The fraction of sp³-hybridized carbons (Fsp3) is 0.125. The van der Waals surface area contributed by atoms with Crippen molar-refractivity contribution in [2.45, 2.75) is 13.5 Å². The van der Waals surface area contributed by atoms with Crippen molar-refractivity contribution in [3.05, 3.63) is 73.1 Å². The second-order valence-corrected chi connectivity index (χ2v) is 6.27. The van der Waals surface area contributed by atoms with E-state index in [1.54, 1.807) is 10.6 Å². The second-order valence-electron chi connectivity index (χ2n) is 5.26. The van der Waals surface area contributed by atoms with Gasteiger partial charge in [0.15, 0.2) is 4.80 Å². The van der Waals surface area contributed by atoms with Gasteiger partial charge in [-0.05, 0) is 25.1 Å². The Kier molecular flexibility index (Phi) is 4.59. The molecule has 0 N–H and O–H groups in total. The normalized spacial score (nSPS) is 11.7. The van der Waals surface area contributed by atoms with Gasteiger partial charge < -0.3 is 4.57 Å². The summed E-state index contributed by atoms with van der Waals surface area (Å²) in [6.07, 6.45) is 0. The topological polar surface area (TPSA) is 121 Å². The summed E-state index contributed by atoms with van der Waals surface area (Å²) < 4.78 is 2.49. The quantitative estimate of drug-likeness (QED) is 0.514. The van der Waals surface area contributed by atoms with Gasteiger partial charge in [0.25, 0.3) is 17.3 Å². The number of nitrogens with zero attached hydrogens (tertiary/aromatic N) is 4. The van der Waals surface area contributed by atoms with Crippen LogP contribution < -0.4 is 4.80 Å². The minimum absolute atomic E-state index is 0.0363. The molecular weight excluding hydrogens is 360 g/mol. The molecule has 0 radical (unpaired) electrons. The van der Waals surface area contributed by atoms with Gasteiger partial charge in [0.05, 0.1) is 20.1 Å². The van der Waals surface area contributed by atoms with E-state index in [1.807, 2.05) is 6.92 Å². The number of nitro groups is 2. The Hall–Kier alpha value is -3.40. The van der Waals surface area contributed by atoms with E-state index in [4.69, 9.17) is 0 Å². The van der Waals surface area contributed by atoms with Gasteiger partial charge in [-0.1, -0.05) is 11.3 Å². The summed E-state index contributed by atoms with van der Waals surface area (Å²) in [5, 5.41) is 21.6. The first-order valence-corrected chi connectivity index (χ1v) is 8.33. The molecule has 26 heavy (non-hydrogen) atoms. The number of aromatic nitrogens is 1. The number of hydrogen-bond acceptors (Lipinski definition) is 6. The molecule has 1 heterocycles. The summed E-state index contributed by atoms with van der Waals surface area (Å²) >= 11 is 1.24. The van der Waals surface area contributed by atoms with Crippen LogP contribution >= 0.6 is 11.3 Å². The van der Waals surface area contributed by atoms with Crippen molar-refractivity contribution in [3.63, 3.8) is 0 Å². The minimum Gasteiger partial charge on any atom is -0.316 e. The molecule has 0 bridgehead atoms. The fourth-order valence-corrected chi connectivity index (χ4v) is 3.51. The summed E-state index contributed by atoms with van der Waals surface area (Å²) in [5.74, 6) is -0.539. The van der Waals surface area contributed by atoms with Gasteiger partial charge in [-0.25, -0.2) is 0 Å². The number of aryl methyl sites for hydroxylation is 1. The molecule has 0 unspecified atom stereocenters. The number of rotatable bonds is 4. The third kappa shape index (κ3) is 3.22. The van der Waals surface area contributed by atoms with Gasteiger partial charge in [-0.15, -0.1) is 0 Å². The zero-order chi connectivity index (χ0) is 18.8. The maximum Gasteiger partial charge on any atom is 0.279 e. The van der Waals surface area contributed by atoms with E-state index in [0.29, 0.717) is 16.9 Å². The first-order valence-electron chi connectivity index (χ1n) is 7.52. The molecule has 0 aliphatic heterocycles. The van der Waals surface area contributed by atoms with Crippen LogP contribution in [0, 0.1) is 20.2 Å². The van der Waals surface area contributed by atoms with Crippen LogP contribution in [-0.4, -0.2) is 20.3 Å². The monoisotopic (exact) mass is 372 g/mol. The highest BCUT2D eigenvalue weighted by Crippen LogP contribution is 2.23. The lowest BCUT2D eigenvalue weighted by Gasteiger charge is -2.00. The van der Waals surface area contributed by atoms with E-state index < -0.39 is 15.8 Å². The van der Waals surface area contributed by atoms with Gasteiger partial charge in [-0.3, -0.25) is 25.0 Å². The van der Waals surface area contributed by atoms with Crippen LogP contribution in [0.3, 0.4) is 0 Å². The second kappa shape index (κ2) is 6.84. The molecule has 132 valence electrons. The van der Waals surface area contributed by atoms with Crippen LogP contribution in [0.2, 0.25) is 0 Å². The Morgan fingerprint density at radius 3 is 2.27 bits per heavy atom. The van der Waals surface area contributed by atoms with Crippen molar-refractivity contribution in [1.29, 1.82) is 0 Å². The number of carbonyl (C=O) groups is 1. The van der Waals surface area contributed by atoms with E-state index in [-0.39, 0.29) is 16.9 Å². The number of nitro benzene ring substituents is 2. The van der Waals surface area contributed by atoms with Crippen LogP contribution in [0.25, 0.3) is 10.2 Å². The van der Waals surface area contributed by atoms with Crippen LogP contribution in [0.1, 0.15) is 17.3 Å². The van der Waals surface area contributed by atoms with Gasteiger partial charge in [0.1, 0.15) is 0 Å². The van der Waals surface area contributed by atoms with Crippen molar-refractivity contribution < 1.29 is 14.6 Å². The number of amides is 1. The molecule has 3 aromatic rings. The summed E-state index contributed by atoms with van der Waals surface area (Å²) in [5.41, 5.74) is 0.703. The largest absolute Gasteiger partial charge is 0.316 e. The van der Waals surface area contributed by atoms with Crippen molar-refractivity contribution >= 4 is 38.8 Å². The van der Waals surface area contributed by atoms with Crippen molar-refractivity contribution in [3.8, 4) is 0 Å². The first kappa shape index (κ1) is 17.4. The van der Waals surface area contributed by atoms with E-state index in [2.05, 4.69) is 4.99 Å². The molecule has 9 nitrogen and oxygen atoms in total. The minimum atomic E-state index is -0.546. The lowest BCUT2D eigenvalue weighted by molar-refractivity contribution is -0.385. The summed E-state index contributed by atoms with van der Waals surface area (Å²) in [6, 6.07) is 9.65. The van der Waals surface area contributed by atoms with Gasteiger partial charge in [-0.2, -0.15) is 4.99 Å². The lowest BCUT2D eigenvalue weighted by Crippen LogP contribution is -2.15.